The highest BCUT2D eigenvalue weighted by Crippen LogP contribution is 2.22. The number of thioether (sulfide) groups is 1. The van der Waals surface area contributed by atoms with E-state index in [0.717, 1.165) is 17.9 Å². The number of β-amino-alcohol motifs (C(OH)–C–C–N with tert-alkyl or cyclic N) is 1. The van der Waals surface area contributed by atoms with Gasteiger partial charge in [0.15, 0.2) is 0 Å². The lowest BCUT2D eigenvalue weighted by Gasteiger charge is -2.26. The van der Waals surface area contributed by atoms with Crippen LogP contribution < -0.4 is 5.32 Å². The molecule has 5 heteroatoms. The van der Waals surface area contributed by atoms with Gasteiger partial charge in [-0.25, -0.2) is 0 Å². The first-order chi connectivity index (χ1) is 7.18. The maximum atomic E-state index is 12.0. The number of carbonyl (C=O) groups is 1. The number of amides is 1. The summed E-state index contributed by atoms with van der Waals surface area (Å²) in [6, 6.07) is 0.220. The molecule has 0 aliphatic carbocycles. The molecular weight excluding hydrogens is 212 g/mol. The molecule has 0 aromatic heterocycles. The third-order valence-electron chi connectivity index (χ3n) is 3.21. The van der Waals surface area contributed by atoms with Gasteiger partial charge in [0.1, 0.15) is 0 Å². The van der Waals surface area contributed by atoms with Crippen molar-refractivity contribution in [1.29, 1.82) is 0 Å². The molecule has 0 radical (unpaired) electrons. The van der Waals surface area contributed by atoms with Gasteiger partial charge in [-0.1, -0.05) is 0 Å². The summed E-state index contributed by atoms with van der Waals surface area (Å²) in [5, 5.41) is 12.4. The molecule has 3 atom stereocenters. The molecule has 4 nitrogen and oxygen atoms in total. The molecule has 2 rings (SSSR count). The van der Waals surface area contributed by atoms with Gasteiger partial charge in [0.05, 0.1) is 12.1 Å². The van der Waals surface area contributed by atoms with Crippen molar-refractivity contribution in [2.45, 2.75) is 31.0 Å². The number of rotatable bonds is 2. The van der Waals surface area contributed by atoms with Crippen molar-refractivity contribution in [1.82, 2.24) is 10.2 Å². The van der Waals surface area contributed by atoms with E-state index in [1.807, 2.05) is 23.7 Å². The van der Waals surface area contributed by atoms with Crippen LogP contribution in [-0.2, 0) is 4.79 Å². The largest absolute Gasteiger partial charge is 0.392 e. The van der Waals surface area contributed by atoms with Gasteiger partial charge in [-0.15, -0.1) is 0 Å². The fourth-order valence-electron chi connectivity index (χ4n) is 2.16. The molecule has 0 bridgehead atoms. The first-order valence-corrected chi connectivity index (χ1v) is 6.60. The zero-order valence-electron chi connectivity index (χ0n) is 8.98. The standard InChI is InChI=1S/C10H18N2O2S/c1-12(7-2-3-15-6-7)10(14)9-4-8(13)5-11-9/h7-9,11,13H,2-6H2,1H3/t7?,8-,9-/m1/s1. The van der Waals surface area contributed by atoms with E-state index in [1.165, 1.54) is 0 Å². The quantitative estimate of drug-likeness (QED) is 0.682. The molecule has 1 amide bonds. The Balaban J connectivity index is 1.89. The molecule has 2 saturated heterocycles. The average Bonchev–Trinajstić information content (AvgIpc) is 2.85. The Morgan fingerprint density at radius 3 is 2.93 bits per heavy atom. The van der Waals surface area contributed by atoms with Gasteiger partial charge >= 0.3 is 0 Å². The molecule has 2 aliphatic rings. The van der Waals surface area contributed by atoms with Crippen LogP contribution >= 0.6 is 11.8 Å². The topological polar surface area (TPSA) is 52.6 Å². The van der Waals surface area contributed by atoms with E-state index in [1.54, 1.807) is 0 Å². The van der Waals surface area contributed by atoms with Gasteiger partial charge in [-0.2, -0.15) is 11.8 Å². The summed E-state index contributed by atoms with van der Waals surface area (Å²) < 4.78 is 0. The molecule has 0 saturated carbocycles. The fourth-order valence-corrected chi connectivity index (χ4v) is 3.43. The van der Waals surface area contributed by atoms with Crippen LogP contribution in [0.4, 0.5) is 0 Å². The van der Waals surface area contributed by atoms with Crippen LogP contribution in [0, 0.1) is 0 Å². The number of likely N-dealkylation sites (N-methyl/N-ethyl adjacent to an activating group) is 1. The van der Waals surface area contributed by atoms with Crippen LogP contribution in [0.15, 0.2) is 0 Å². The summed E-state index contributed by atoms with van der Waals surface area (Å²) in [7, 11) is 1.88. The number of nitrogens with zero attached hydrogens (tertiary/aromatic N) is 1. The summed E-state index contributed by atoms with van der Waals surface area (Å²) in [6.07, 6.45) is 1.30. The third kappa shape index (κ3) is 2.46. The molecule has 2 heterocycles. The first kappa shape index (κ1) is 11.2. The Morgan fingerprint density at radius 2 is 2.40 bits per heavy atom. The van der Waals surface area contributed by atoms with Crippen LogP contribution in [0.1, 0.15) is 12.8 Å². The van der Waals surface area contributed by atoms with Crippen LogP contribution in [0.2, 0.25) is 0 Å². The molecule has 86 valence electrons. The third-order valence-corrected chi connectivity index (χ3v) is 4.35. The SMILES string of the molecule is CN(C(=O)[C@H]1C[C@@H](O)CN1)C1CCSC1. The highest BCUT2D eigenvalue weighted by molar-refractivity contribution is 7.99. The van der Waals surface area contributed by atoms with Crippen LogP contribution in [-0.4, -0.2) is 59.2 Å². The van der Waals surface area contributed by atoms with E-state index in [2.05, 4.69) is 5.32 Å². The molecule has 2 fully saturated rings. The van der Waals surface area contributed by atoms with Gasteiger partial charge in [-0.3, -0.25) is 4.79 Å². The maximum absolute atomic E-state index is 12.0. The maximum Gasteiger partial charge on any atom is 0.239 e. The number of carbonyl (C=O) groups excluding carboxylic acids is 1. The van der Waals surface area contributed by atoms with Crippen molar-refractivity contribution in [2.24, 2.45) is 0 Å². The number of hydrogen-bond acceptors (Lipinski definition) is 4. The summed E-state index contributed by atoms with van der Waals surface area (Å²) in [5.41, 5.74) is 0. The van der Waals surface area contributed by atoms with E-state index < -0.39 is 0 Å². The summed E-state index contributed by atoms with van der Waals surface area (Å²) >= 11 is 1.91. The zero-order chi connectivity index (χ0) is 10.8. The average molecular weight is 230 g/mol. The summed E-state index contributed by atoms with van der Waals surface area (Å²) in [4.78, 5) is 13.9. The van der Waals surface area contributed by atoms with E-state index in [-0.39, 0.29) is 18.1 Å². The molecule has 0 spiro atoms. The number of nitrogens with one attached hydrogen (secondary N) is 1. The van der Waals surface area contributed by atoms with E-state index in [0.29, 0.717) is 19.0 Å². The van der Waals surface area contributed by atoms with Crippen LogP contribution in [0.25, 0.3) is 0 Å². The molecule has 0 aromatic carbocycles. The molecule has 2 aliphatic heterocycles. The van der Waals surface area contributed by atoms with Gasteiger partial charge in [0.25, 0.3) is 0 Å². The van der Waals surface area contributed by atoms with Gasteiger partial charge in [-0.05, 0) is 18.6 Å². The van der Waals surface area contributed by atoms with Crippen LogP contribution in [0.3, 0.4) is 0 Å². The van der Waals surface area contributed by atoms with Crippen molar-refractivity contribution >= 4 is 17.7 Å². The minimum atomic E-state index is -0.356. The van der Waals surface area contributed by atoms with E-state index in [4.69, 9.17) is 0 Å². The Hall–Kier alpha value is -0.260. The fraction of sp³-hybridized carbons (Fsp3) is 0.900. The highest BCUT2D eigenvalue weighted by atomic mass is 32.2. The Bertz CT molecular complexity index is 244. The number of aliphatic hydroxyl groups excluding tert-OH is 1. The minimum absolute atomic E-state index is 0.138. The van der Waals surface area contributed by atoms with Crippen molar-refractivity contribution in [3.8, 4) is 0 Å². The second-order valence-corrected chi connectivity index (χ2v) is 5.47. The second-order valence-electron chi connectivity index (χ2n) is 4.32. The van der Waals surface area contributed by atoms with E-state index >= 15 is 0 Å². The van der Waals surface area contributed by atoms with Gasteiger partial charge in [0, 0.05) is 25.4 Å². The number of aliphatic hydroxyl groups is 1. The van der Waals surface area contributed by atoms with Crippen molar-refractivity contribution < 1.29 is 9.90 Å². The molecule has 2 N–H and O–H groups in total. The highest BCUT2D eigenvalue weighted by Gasteiger charge is 2.33. The second kappa shape index (κ2) is 4.72. The molecule has 1 unspecified atom stereocenters. The smallest absolute Gasteiger partial charge is 0.239 e. The predicted molar refractivity (Wildman–Crippen MR) is 60.9 cm³/mol. The van der Waals surface area contributed by atoms with Gasteiger partial charge in [0.2, 0.25) is 5.91 Å². The predicted octanol–water partition coefficient (Wildman–Crippen LogP) is -0.327. The Morgan fingerprint density at radius 1 is 1.60 bits per heavy atom. The molecular formula is C10H18N2O2S. The lowest BCUT2D eigenvalue weighted by molar-refractivity contribution is -0.133. The van der Waals surface area contributed by atoms with E-state index in [9.17, 15) is 9.90 Å². The van der Waals surface area contributed by atoms with Crippen molar-refractivity contribution in [2.75, 3.05) is 25.1 Å². The van der Waals surface area contributed by atoms with Crippen molar-refractivity contribution in [3.05, 3.63) is 0 Å². The Labute approximate surface area is 94.4 Å². The lowest BCUT2D eigenvalue weighted by atomic mass is 10.1. The van der Waals surface area contributed by atoms with Crippen molar-refractivity contribution in [3.63, 3.8) is 0 Å². The molecule has 0 aromatic rings. The first-order valence-electron chi connectivity index (χ1n) is 5.44. The minimum Gasteiger partial charge on any atom is -0.392 e. The lowest BCUT2D eigenvalue weighted by Crippen LogP contribution is -2.46. The normalized spacial score (nSPS) is 35.7. The summed E-state index contributed by atoms with van der Waals surface area (Å²) in [5.74, 6) is 2.35. The number of hydrogen-bond donors (Lipinski definition) is 2. The monoisotopic (exact) mass is 230 g/mol. The molecule has 15 heavy (non-hydrogen) atoms. The Kier molecular flexibility index (Phi) is 3.53. The zero-order valence-corrected chi connectivity index (χ0v) is 9.80. The van der Waals surface area contributed by atoms with Gasteiger partial charge < -0.3 is 15.3 Å². The van der Waals surface area contributed by atoms with Crippen LogP contribution in [0.5, 0.6) is 0 Å². The summed E-state index contributed by atoms with van der Waals surface area (Å²) in [6.45, 7) is 0.545.